The number of hydrogen-bond acceptors (Lipinski definition) is 2. The highest BCUT2D eigenvalue weighted by atomic mass is 79.9. The lowest BCUT2D eigenvalue weighted by atomic mass is 10.1. The zero-order valence-corrected chi connectivity index (χ0v) is 10.4. The standard InChI is InChI=1S/C11H13BrFNO2/c1-2-4-9(11(15)16)14-10-7(12)5-3-6-8(10)13/h3,5-6,9,14H,2,4H2,1H3,(H,15,16). The molecule has 0 heterocycles. The molecule has 1 unspecified atom stereocenters. The molecule has 0 spiro atoms. The van der Waals surface area contributed by atoms with Crippen LogP contribution in [0, 0.1) is 5.82 Å². The number of carboxylic acids is 1. The second kappa shape index (κ2) is 5.84. The van der Waals surface area contributed by atoms with Crippen LogP contribution in [0.15, 0.2) is 22.7 Å². The van der Waals surface area contributed by atoms with Crippen LogP contribution in [0.2, 0.25) is 0 Å². The Hall–Kier alpha value is -1.10. The summed E-state index contributed by atoms with van der Waals surface area (Å²) in [6.07, 6.45) is 1.17. The molecule has 0 aromatic heterocycles. The minimum atomic E-state index is -0.975. The average molecular weight is 290 g/mol. The SMILES string of the molecule is CCCC(Nc1c(F)cccc1Br)C(=O)O. The number of para-hydroxylation sites is 1. The van der Waals surface area contributed by atoms with Crippen molar-refractivity contribution in [3.05, 3.63) is 28.5 Å². The molecule has 0 aliphatic heterocycles. The highest BCUT2D eigenvalue weighted by molar-refractivity contribution is 9.10. The van der Waals surface area contributed by atoms with E-state index in [0.29, 0.717) is 10.9 Å². The van der Waals surface area contributed by atoms with Crippen molar-refractivity contribution in [2.45, 2.75) is 25.8 Å². The number of aliphatic carboxylic acids is 1. The number of rotatable bonds is 5. The Balaban J connectivity index is 2.89. The highest BCUT2D eigenvalue weighted by Crippen LogP contribution is 2.26. The Morgan fingerprint density at radius 2 is 2.31 bits per heavy atom. The summed E-state index contributed by atoms with van der Waals surface area (Å²) in [6, 6.07) is 3.74. The van der Waals surface area contributed by atoms with Gasteiger partial charge in [0.25, 0.3) is 0 Å². The Bertz CT molecular complexity index is 364. The van der Waals surface area contributed by atoms with E-state index in [9.17, 15) is 9.18 Å². The van der Waals surface area contributed by atoms with Gasteiger partial charge in [0.1, 0.15) is 11.9 Å². The summed E-state index contributed by atoms with van der Waals surface area (Å²) in [5.74, 6) is -1.44. The summed E-state index contributed by atoms with van der Waals surface area (Å²) in [5.41, 5.74) is 0.198. The Morgan fingerprint density at radius 3 is 2.81 bits per heavy atom. The van der Waals surface area contributed by atoms with Gasteiger partial charge in [-0.25, -0.2) is 9.18 Å². The molecule has 1 aromatic rings. The van der Waals surface area contributed by atoms with E-state index in [-0.39, 0.29) is 5.69 Å². The monoisotopic (exact) mass is 289 g/mol. The molecule has 3 nitrogen and oxygen atoms in total. The van der Waals surface area contributed by atoms with Crippen LogP contribution >= 0.6 is 15.9 Å². The first kappa shape index (κ1) is 13.0. The van der Waals surface area contributed by atoms with Gasteiger partial charge < -0.3 is 10.4 Å². The topological polar surface area (TPSA) is 49.3 Å². The van der Waals surface area contributed by atoms with E-state index < -0.39 is 17.8 Å². The number of nitrogens with one attached hydrogen (secondary N) is 1. The van der Waals surface area contributed by atoms with Crippen molar-refractivity contribution in [3.63, 3.8) is 0 Å². The zero-order chi connectivity index (χ0) is 12.1. The smallest absolute Gasteiger partial charge is 0.326 e. The van der Waals surface area contributed by atoms with E-state index in [1.807, 2.05) is 6.92 Å². The molecule has 0 aliphatic carbocycles. The van der Waals surface area contributed by atoms with Gasteiger partial charge in [-0.05, 0) is 34.5 Å². The number of carbonyl (C=O) groups is 1. The molecule has 1 atom stereocenters. The predicted molar refractivity (Wildman–Crippen MR) is 64.1 cm³/mol. The molecule has 0 radical (unpaired) electrons. The number of hydrogen-bond donors (Lipinski definition) is 2. The van der Waals surface area contributed by atoms with Gasteiger partial charge in [0.05, 0.1) is 5.69 Å². The van der Waals surface area contributed by atoms with Crippen molar-refractivity contribution in [2.24, 2.45) is 0 Å². The van der Waals surface area contributed by atoms with Crippen LogP contribution < -0.4 is 5.32 Å². The lowest BCUT2D eigenvalue weighted by Crippen LogP contribution is -2.29. The maximum atomic E-state index is 13.4. The van der Waals surface area contributed by atoms with E-state index in [1.165, 1.54) is 6.07 Å². The fourth-order valence-corrected chi connectivity index (χ4v) is 1.81. The van der Waals surface area contributed by atoms with Crippen LogP contribution in [0.1, 0.15) is 19.8 Å². The van der Waals surface area contributed by atoms with Gasteiger partial charge in [0, 0.05) is 4.47 Å². The summed E-state index contributed by atoms with van der Waals surface area (Å²) >= 11 is 3.18. The first-order chi connectivity index (χ1) is 7.56. The van der Waals surface area contributed by atoms with Gasteiger partial charge in [-0.2, -0.15) is 0 Å². The fourth-order valence-electron chi connectivity index (χ4n) is 1.36. The van der Waals surface area contributed by atoms with Crippen LogP contribution in [0.3, 0.4) is 0 Å². The number of carboxylic acid groups (broad SMARTS) is 1. The van der Waals surface area contributed by atoms with Crippen LogP contribution in [0.25, 0.3) is 0 Å². The number of anilines is 1. The van der Waals surface area contributed by atoms with Crippen molar-refractivity contribution >= 4 is 27.6 Å². The molecular weight excluding hydrogens is 277 g/mol. The largest absolute Gasteiger partial charge is 0.480 e. The van der Waals surface area contributed by atoms with Crippen LogP contribution in [0.4, 0.5) is 10.1 Å². The van der Waals surface area contributed by atoms with Crippen LogP contribution in [-0.4, -0.2) is 17.1 Å². The van der Waals surface area contributed by atoms with Crippen LogP contribution in [0.5, 0.6) is 0 Å². The minimum absolute atomic E-state index is 0.198. The van der Waals surface area contributed by atoms with Gasteiger partial charge in [0.15, 0.2) is 0 Å². The lowest BCUT2D eigenvalue weighted by Gasteiger charge is -2.16. The molecule has 0 fully saturated rings. The molecular formula is C11H13BrFNO2. The Kier molecular flexibility index (Phi) is 4.73. The molecule has 0 amide bonds. The fraction of sp³-hybridized carbons (Fsp3) is 0.364. The van der Waals surface area contributed by atoms with Gasteiger partial charge in [-0.3, -0.25) is 0 Å². The zero-order valence-electron chi connectivity index (χ0n) is 8.84. The normalized spacial score (nSPS) is 12.2. The third-order valence-corrected chi connectivity index (χ3v) is 2.82. The molecule has 2 N–H and O–H groups in total. The van der Waals surface area contributed by atoms with Gasteiger partial charge >= 0.3 is 5.97 Å². The molecule has 0 saturated carbocycles. The minimum Gasteiger partial charge on any atom is -0.480 e. The van der Waals surface area contributed by atoms with E-state index in [1.54, 1.807) is 12.1 Å². The second-order valence-electron chi connectivity index (χ2n) is 3.42. The second-order valence-corrected chi connectivity index (χ2v) is 4.27. The predicted octanol–water partition coefficient (Wildman–Crippen LogP) is 3.25. The van der Waals surface area contributed by atoms with Crippen molar-refractivity contribution in [1.29, 1.82) is 0 Å². The molecule has 0 bridgehead atoms. The lowest BCUT2D eigenvalue weighted by molar-refractivity contribution is -0.138. The first-order valence-electron chi connectivity index (χ1n) is 4.99. The van der Waals surface area contributed by atoms with Crippen molar-refractivity contribution < 1.29 is 14.3 Å². The quantitative estimate of drug-likeness (QED) is 0.875. The van der Waals surface area contributed by atoms with Gasteiger partial charge in [0.2, 0.25) is 0 Å². The van der Waals surface area contributed by atoms with Gasteiger partial charge in [-0.15, -0.1) is 0 Å². The summed E-state index contributed by atoms with van der Waals surface area (Å²) in [4.78, 5) is 10.9. The molecule has 0 aliphatic rings. The molecule has 5 heteroatoms. The van der Waals surface area contributed by atoms with E-state index in [2.05, 4.69) is 21.2 Å². The van der Waals surface area contributed by atoms with Crippen molar-refractivity contribution in [1.82, 2.24) is 0 Å². The van der Waals surface area contributed by atoms with E-state index >= 15 is 0 Å². The average Bonchev–Trinajstić information content (AvgIpc) is 2.21. The first-order valence-corrected chi connectivity index (χ1v) is 5.79. The summed E-state index contributed by atoms with van der Waals surface area (Å²) in [6.45, 7) is 1.88. The summed E-state index contributed by atoms with van der Waals surface area (Å²) < 4.78 is 14.0. The summed E-state index contributed by atoms with van der Waals surface area (Å²) in [7, 11) is 0. The third kappa shape index (κ3) is 3.20. The van der Waals surface area contributed by atoms with Crippen molar-refractivity contribution in [3.8, 4) is 0 Å². The molecule has 16 heavy (non-hydrogen) atoms. The molecule has 88 valence electrons. The van der Waals surface area contributed by atoms with Gasteiger partial charge in [-0.1, -0.05) is 19.4 Å². The summed E-state index contributed by atoms with van der Waals surface area (Å²) in [5, 5.41) is 11.6. The number of halogens is 2. The Labute approximate surface area is 102 Å². The third-order valence-electron chi connectivity index (χ3n) is 2.16. The molecule has 0 saturated heterocycles. The van der Waals surface area contributed by atoms with E-state index in [0.717, 1.165) is 6.42 Å². The van der Waals surface area contributed by atoms with Crippen LogP contribution in [-0.2, 0) is 4.79 Å². The molecule has 1 rings (SSSR count). The maximum Gasteiger partial charge on any atom is 0.326 e. The maximum absolute atomic E-state index is 13.4. The van der Waals surface area contributed by atoms with E-state index in [4.69, 9.17) is 5.11 Å². The number of benzene rings is 1. The highest BCUT2D eigenvalue weighted by Gasteiger charge is 2.18. The Morgan fingerprint density at radius 1 is 1.62 bits per heavy atom. The molecule has 1 aromatic carbocycles. The van der Waals surface area contributed by atoms with Crippen molar-refractivity contribution in [2.75, 3.05) is 5.32 Å².